The van der Waals surface area contributed by atoms with Gasteiger partial charge < -0.3 is 5.32 Å². The molecule has 0 saturated heterocycles. The number of hydrogen-bond donors (Lipinski definition) is 1. The highest BCUT2D eigenvalue weighted by molar-refractivity contribution is 5.76. The molecule has 2 rings (SSSR count). The van der Waals surface area contributed by atoms with Crippen molar-refractivity contribution < 1.29 is 4.79 Å². The first kappa shape index (κ1) is 15.5. The number of hydrogen-bond acceptors (Lipinski definition) is 3. The van der Waals surface area contributed by atoms with Crippen molar-refractivity contribution in [1.29, 1.82) is 5.26 Å². The molecular formula is C17H17N3O2. The van der Waals surface area contributed by atoms with E-state index >= 15 is 0 Å². The molecule has 0 bridgehead atoms. The van der Waals surface area contributed by atoms with Crippen LogP contribution in [0.5, 0.6) is 0 Å². The van der Waals surface area contributed by atoms with Gasteiger partial charge in [-0.15, -0.1) is 0 Å². The van der Waals surface area contributed by atoms with Gasteiger partial charge >= 0.3 is 0 Å². The van der Waals surface area contributed by atoms with Crippen molar-refractivity contribution >= 4 is 5.91 Å². The van der Waals surface area contributed by atoms with Crippen molar-refractivity contribution in [2.75, 3.05) is 7.05 Å². The fourth-order valence-electron chi connectivity index (χ4n) is 2.38. The SMILES string of the molecule is CNC(=O)Cn1c(-c2ccc(C)cc2C)ccc(C#N)c1=O. The monoisotopic (exact) mass is 295 g/mol. The Morgan fingerprint density at radius 3 is 2.59 bits per heavy atom. The maximum absolute atomic E-state index is 12.4. The summed E-state index contributed by atoms with van der Waals surface area (Å²) >= 11 is 0. The van der Waals surface area contributed by atoms with Crippen molar-refractivity contribution in [3.05, 3.63) is 57.4 Å². The Bertz CT molecular complexity index is 829. The van der Waals surface area contributed by atoms with E-state index in [0.717, 1.165) is 16.7 Å². The maximum atomic E-state index is 12.4. The standard InChI is InChI=1S/C17H17N3O2/c1-11-4-6-14(12(2)8-11)15-7-5-13(9-18)17(22)20(15)10-16(21)19-3/h4-8H,10H2,1-3H3,(H,19,21). The molecule has 0 radical (unpaired) electrons. The molecule has 1 heterocycles. The molecule has 5 heteroatoms. The van der Waals surface area contributed by atoms with Gasteiger partial charge in [-0.2, -0.15) is 5.26 Å². The summed E-state index contributed by atoms with van der Waals surface area (Å²) < 4.78 is 1.34. The number of nitrogens with zero attached hydrogens (tertiary/aromatic N) is 2. The molecule has 0 aliphatic rings. The van der Waals surface area contributed by atoms with Crippen LogP contribution in [0, 0.1) is 25.2 Å². The quantitative estimate of drug-likeness (QED) is 0.937. The molecule has 0 fully saturated rings. The fraction of sp³-hybridized carbons (Fsp3) is 0.235. The molecule has 0 aliphatic heterocycles. The van der Waals surface area contributed by atoms with Gasteiger partial charge in [0.25, 0.3) is 5.56 Å². The number of likely N-dealkylation sites (N-methyl/N-ethyl adjacent to an activating group) is 1. The molecule has 112 valence electrons. The summed E-state index contributed by atoms with van der Waals surface area (Å²) in [5.41, 5.74) is 3.20. The van der Waals surface area contributed by atoms with Crippen LogP contribution in [0.3, 0.4) is 0 Å². The first-order chi connectivity index (χ1) is 10.5. The van der Waals surface area contributed by atoms with Gasteiger partial charge in [0.2, 0.25) is 5.91 Å². The highest BCUT2D eigenvalue weighted by Crippen LogP contribution is 2.23. The topological polar surface area (TPSA) is 74.9 Å². The highest BCUT2D eigenvalue weighted by Gasteiger charge is 2.14. The maximum Gasteiger partial charge on any atom is 0.269 e. The predicted octanol–water partition coefficient (Wildman–Crippen LogP) is 1.75. The highest BCUT2D eigenvalue weighted by atomic mass is 16.2. The molecule has 0 saturated carbocycles. The smallest absolute Gasteiger partial charge is 0.269 e. The van der Waals surface area contributed by atoms with Crippen LogP contribution >= 0.6 is 0 Å². The molecule has 22 heavy (non-hydrogen) atoms. The third-order valence-electron chi connectivity index (χ3n) is 3.53. The summed E-state index contributed by atoms with van der Waals surface area (Å²) in [6, 6.07) is 11.0. The van der Waals surface area contributed by atoms with E-state index in [1.165, 1.54) is 17.7 Å². The van der Waals surface area contributed by atoms with E-state index in [9.17, 15) is 9.59 Å². The van der Waals surface area contributed by atoms with Gasteiger partial charge in [-0.3, -0.25) is 14.2 Å². The lowest BCUT2D eigenvalue weighted by atomic mass is 10.0. The van der Waals surface area contributed by atoms with E-state index in [4.69, 9.17) is 5.26 Å². The number of carbonyl (C=O) groups is 1. The van der Waals surface area contributed by atoms with Crippen LogP contribution in [0.25, 0.3) is 11.3 Å². The van der Waals surface area contributed by atoms with Gasteiger partial charge in [-0.05, 0) is 31.5 Å². The van der Waals surface area contributed by atoms with Gasteiger partial charge in [0.05, 0.1) is 5.69 Å². The summed E-state index contributed by atoms with van der Waals surface area (Å²) in [5.74, 6) is -0.289. The number of nitriles is 1. The van der Waals surface area contributed by atoms with Crippen molar-refractivity contribution in [3.8, 4) is 17.3 Å². The Kier molecular flexibility index (Phi) is 4.42. The Morgan fingerprint density at radius 1 is 1.27 bits per heavy atom. The molecule has 1 N–H and O–H groups in total. The third kappa shape index (κ3) is 2.91. The van der Waals surface area contributed by atoms with E-state index in [-0.39, 0.29) is 18.0 Å². The second-order valence-electron chi connectivity index (χ2n) is 5.13. The van der Waals surface area contributed by atoms with E-state index in [2.05, 4.69) is 5.32 Å². The van der Waals surface area contributed by atoms with Crippen LogP contribution < -0.4 is 10.9 Å². The zero-order valence-electron chi connectivity index (χ0n) is 12.8. The summed E-state index contributed by atoms with van der Waals surface area (Å²) in [6.07, 6.45) is 0. The minimum absolute atomic E-state index is 0.0254. The minimum atomic E-state index is -0.455. The lowest BCUT2D eigenvalue weighted by molar-refractivity contribution is -0.121. The Hall–Kier alpha value is -2.87. The lowest BCUT2D eigenvalue weighted by Gasteiger charge is -2.15. The van der Waals surface area contributed by atoms with Gasteiger partial charge in [0.1, 0.15) is 18.2 Å². The number of benzene rings is 1. The average Bonchev–Trinajstić information content (AvgIpc) is 2.49. The van der Waals surface area contributed by atoms with Crippen LogP contribution in [0.15, 0.2) is 35.1 Å². The zero-order valence-corrected chi connectivity index (χ0v) is 12.8. The number of carbonyl (C=O) groups excluding carboxylic acids is 1. The van der Waals surface area contributed by atoms with Gasteiger partial charge in [-0.25, -0.2) is 0 Å². The summed E-state index contributed by atoms with van der Waals surface area (Å²) in [5, 5.41) is 11.5. The number of amides is 1. The van der Waals surface area contributed by atoms with Crippen molar-refractivity contribution in [2.45, 2.75) is 20.4 Å². The van der Waals surface area contributed by atoms with E-state index in [0.29, 0.717) is 5.69 Å². The molecule has 1 aromatic heterocycles. The van der Waals surface area contributed by atoms with Crippen LogP contribution in [-0.4, -0.2) is 17.5 Å². The number of aryl methyl sites for hydroxylation is 2. The average molecular weight is 295 g/mol. The van der Waals surface area contributed by atoms with Gasteiger partial charge in [0, 0.05) is 12.6 Å². The molecule has 0 spiro atoms. The summed E-state index contributed by atoms with van der Waals surface area (Å²) in [6.45, 7) is 3.83. The predicted molar refractivity (Wildman–Crippen MR) is 84.4 cm³/mol. The first-order valence-corrected chi connectivity index (χ1v) is 6.90. The van der Waals surface area contributed by atoms with Crippen LogP contribution in [0.2, 0.25) is 0 Å². The van der Waals surface area contributed by atoms with Crippen molar-refractivity contribution in [3.63, 3.8) is 0 Å². The third-order valence-corrected chi connectivity index (χ3v) is 3.53. The second-order valence-corrected chi connectivity index (χ2v) is 5.13. The Labute approximate surface area is 128 Å². The molecule has 2 aromatic rings. The molecule has 1 amide bonds. The van der Waals surface area contributed by atoms with E-state index in [1.807, 2.05) is 38.1 Å². The lowest BCUT2D eigenvalue weighted by Crippen LogP contribution is -2.32. The normalized spacial score (nSPS) is 10.1. The number of rotatable bonds is 3. The van der Waals surface area contributed by atoms with Crippen LogP contribution in [0.4, 0.5) is 0 Å². The van der Waals surface area contributed by atoms with Crippen LogP contribution in [0.1, 0.15) is 16.7 Å². The summed E-state index contributed by atoms with van der Waals surface area (Å²) in [4.78, 5) is 24.1. The van der Waals surface area contributed by atoms with E-state index < -0.39 is 5.56 Å². The fourth-order valence-corrected chi connectivity index (χ4v) is 2.38. The number of nitrogens with one attached hydrogen (secondary N) is 1. The number of aromatic nitrogens is 1. The van der Waals surface area contributed by atoms with E-state index in [1.54, 1.807) is 6.07 Å². The Morgan fingerprint density at radius 2 is 2.00 bits per heavy atom. The minimum Gasteiger partial charge on any atom is -0.358 e. The van der Waals surface area contributed by atoms with Crippen LogP contribution in [-0.2, 0) is 11.3 Å². The largest absolute Gasteiger partial charge is 0.358 e. The zero-order chi connectivity index (χ0) is 16.3. The Balaban J connectivity index is 2.70. The second kappa shape index (κ2) is 6.27. The molecule has 0 aliphatic carbocycles. The first-order valence-electron chi connectivity index (χ1n) is 6.90. The van der Waals surface area contributed by atoms with Crippen molar-refractivity contribution in [2.24, 2.45) is 0 Å². The van der Waals surface area contributed by atoms with Gasteiger partial charge in [0.15, 0.2) is 0 Å². The molecule has 1 aromatic carbocycles. The molecular weight excluding hydrogens is 278 g/mol. The molecule has 5 nitrogen and oxygen atoms in total. The van der Waals surface area contributed by atoms with Crippen molar-refractivity contribution in [1.82, 2.24) is 9.88 Å². The molecule has 0 atom stereocenters. The summed E-state index contributed by atoms with van der Waals surface area (Å²) in [7, 11) is 1.51. The number of pyridine rings is 1. The molecule has 0 unspecified atom stereocenters. The van der Waals surface area contributed by atoms with Gasteiger partial charge in [-0.1, -0.05) is 23.8 Å².